The maximum atomic E-state index is 5.49. The van der Waals surface area contributed by atoms with Gasteiger partial charge in [-0.3, -0.25) is 14.7 Å². The number of nitrogens with one attached hydrogen (secondary N) is 1. The third kappa shape index (κ3) is 3.54. The lowest BCUT2D eigenvalue weighted by Gasteiger charge is -2.27. The lowest BCUT2D eigenvalue weighted by atomic mass is 10.0. The number of thiophene rings is 1. The molecular formula is C28H27N5OS. The van der Waals surface area contributed by atoms with Gasteiger partial charge in [0.25, 0.3) is 0 Å². The average Bonchev–Trinajstić information content (AvgIpc) is 3.63. The first kappa shape index (κ1) is 21.1. The van der Waals surface area contributed by atoms with Crippen molar-refractivity contribution < 1.29 is 4.74 Å². The van der Waals surface area contributed by atoms with Crippen molar-refractivity contribution in [1.29, 1.82) is 0 Å². The molecule has 3 aromatic heterocycles. The number of hydrogen-bond donors (Lipinski definition) is 1. The molecule has 2 aliphatic rings. The third-order valence-corrected chi connectivity index (χ3v) is 8.61. The number of ether oxygens (including phenoxy) is 1. The first-order chi connectivity index (χ1) is 17.1. The molecule has 35 heavy (non-hydrogen) atoms. The van der Waals surface area contributed by atoms with E-state index in [-0.39, 0.29) is 0 Å². The van der Waals surface area contributed by atoms with Gasteiger partial charge in [0.05, 0.1) is 36.3 Å². The molecule has 1 aliphatic carbocycles. The number of hydrogen-bond acceptors (Lipinski definition) is 5. The Labute approximate surface area is 208 Å². The normalized spacial score (nSPS) is 15.6. The predicted molar refractivity (Wildman–Crippen MR) is 141 cm³/mol. The Bertz CT molecular complexity index is 1570. The summed E-state index contributed by atoms with van der Waals surface area (Å²) in [6.45, 7) is 6.95. The minimum absolute atomic E-state index is 0.840. The van der Waals surface area contributed by atoms with Gasteiger partial charge in [-0.1, -0.05) is 30.3 Å². The zero-order valence-corrected chi connectivity index (χ0v) is 20.8. The number of aromatic amines is 1. The molecule has 7 heteroatoms. The second kappa shape index (κ2) is 8.16. The summed E-state index contributed by atoms with van der Waals surface area (Å²) in [5.41, 5.74) is 11.2. The highest BCUT2D eigenvalue weighted by molar-refractivity contribution is 7.16. The van der Waals surface area contributed by atoms with E-state index in [1.165, 1.54) is 43.3 Å². The summed E-state index contributed by atoms with van der Waals surface area (Å²) in [4.78, 5) is 5.23. The van der Waals surface area contributed by atoms with Crippen LogP contribution in [0.1, 0.15) is 21.6 Å². The molecule has 0 saturated carbocycles. The highest BCUT2D eigenvalue weighted by Crippen LogP contribution is 2.46. The van der Waals surface area contributed by atoms with Crippen molar-refractivity contribution in [2.24, 2.45) is 7.05 Å². The summed E-state index contributed by atoms with van der Waals surface area (Å²) in [5.74, 6) is 0. The first-order valence-corrected chi connectivity index (χ1v) is 13.0. The summed E-state index contributed by atoms with van der Waals surface area (Å²) < 4.78 is 7.41. The molecule has 1 aliphatic heterocycles. The van der Waals surface area contributed by atoms with Gasteiger partial charge in [-0.2, -0.15) is 10.2 Å². The Hall–Kier alpha value is -3.26. The number of H-pyrrole nitrogens is 1. The maximum absolute atomic E-state index is 5.49. The van der Waals surface area contributed by atoms with Gasteiger partial charge in [-0.25, -0.2) is 0 Å². The van der Waals surface area contributed by atoms with Crippen molar-refractivity contribution >= 4 is 22.2 Å². The topological polar surface area (TPSA) is 59.0 Å². The smallest absolute Gasteiger partial charge is 0.0963 e. The van der Waals surface area contributed by atoms with E-state index in [9.17, 15) is 0 Å². The molecule has 1 N–H and O–H groups in total. The number of aromatic nitrogens is 4. The lowest BCUT2D eigenvalue weighted by Crippen LogP contribution is -2.35. The number of fused-ring (bicyclic) bond motifs is 4. The van der Waals surface area contributed by atoms with Crippen molar-refractivity contribution in [3.05, 3.63) is 70.2 Å². The van der Waals surface area contributed by atoms with Crippen LogP contribution in [0, 0.1) is 6.92 Å². The van der Waals surface area contributed by atoms with Crippen LogP contribution in [-0.2, 0) is 24.8 Å². The van der Waals surface area contributed by atoms with Crippen LogP contribution in [0.2, 0.25) is 0 Å². The highest BCUT2D eigenvalue weighted by atomic mass is 32.1. The van der Waals surface area contributed by atoms with E-state index in [4.69, 9.17) is 9.84 Å². The number of nitrogens with zero attached hydrogens (tertiary/aromatic N) is 4. The average molecular weight is 482 g/mol. The second-order valence-electron chi connectivity index (χ2n) is 9.62. The number of aryl methyl sites for hydroxylation is 2. The minimum atomic E-state index is 0.840. The largest absolute Gasteiger partial charge is 0.379 e. The molecule has 176 valence electrons. The molecule has 6 nitrogen and oxygen atoms in total. The summed E-state index contributed by atoms with van der Waals surface area (Å²) in [6, 6.07) is 15.8. The molecule has 7 rings (SSSR count). The van der Waals surface area contributed by atoms with E-state index in [0.717, 1.165) is 61.4 Å². The Balaban J connectivity index is 1.17. The maximum Gasteiger partial charge on any atom is 0.0963 e. The molecule has 0 radical (unpaired) electrons. The highest BCUT2D eigenvalue weighted by Gasteiger charge is 2.28. The zero-order valence-electron chi connectivity index (χ0n) is 20.0. The molecule has 0 unspecified atom stereocenters. The third-order valence-electron chi connectivity index (χ3n) is 7.43. The Morgan fingerprint density at radius 3 is 2.77 bits per heavy atom. The SMILES string of the molecule is Cc1cc(-c2cc3c(s2)Cc2c(-c4ccc5cnn(C)c5c4)n[nH]c2-3)ccc1CN1CCOCC1. The van der Waals surface area contributed by atoms with Crippen molar-refractivity contribution in [2.75, 3.05) is 26.3 Å². The monoisotopic (exact) mass is 481 g/mol. The lowest BCUT2D eigenvalue weighted by molar-refractivity contribution is 0.0341. The van der Waals surface area contributed by atoms with Gasteiger partial charge >= 0.3 is 0 Å². The first-order valence-electron chi connectivity index (χ1n) is 12.2. The van der Waals surface area contributed by atoms with Crippen LogP contribution in [0.25, 0.3) is 43.9 Å². The number of morpholine rings is 1. The standard InChI is InChI=1S/C28H27N5OS/c1-17-11-18(3-6-21(17)16-33-7-9-34-10-8-33)25-13-22-26(35-25)14-23-27(30-31-28(22)23)19-4-5-20-15-29-32(2)24(20)12-19/h3-6,11-13,15H,7-10,14,16H2,1-2H3,(H,30,31). The fraction of sp³-hybridized carbons (Fsp3) is 0.286. The van der Waals surface area contributed by atoms with E-state index in [0.29, 0.717) is 0 Å². The van der Waals surface area contributed by atoms with Crippen LogP contribution in [0.3, 0.4) is 0 Å². The predicted octanol–water partition coefficient (Wildman–Crippen LogP) is 5.40. The molecule has 1 saturated heterocycles. The van der Waals surface area contributed by atoms with E-state index >= 15 is 0 Å². The fourth-order valence-corrected chi connectivity index (χ4v) is 6.57. The fourth-order valence-electron chi connectivity index (χ4n) is 5.39. The van der Waals surface area contributed by atoms with Crippen molar-refractivity contribution in [3.8, 4) is 33.0 Å². The van der Waals surface area contributed by atoms with Gasteiger partial charge in [-0.15, -0.1) is 11.3 Å². The Morgan fingerprint density at radius 2 is 1.91 bits per heavy atom. The van der Waals surface area contributed by atoms with Gasteiger partial charge in [0.1, 0.15) is 0 Å². The molecular weight excluding hydrogens is 454 g/mol. The summed E-state index contributed by atoms with van der Waals surface area (Å²) in [7, 11) is 1.98. The van der Waals surface area contributed by atoms with Crippen molar-refractivity contribution in [2.45, 2.75) is 19.9 Å². The van der Waals surface area contributed by atoms with E-state index in [1.54, 1.807) is 0 Å². The van der Waals surface area contributed by atoms with Gasteiger partial charge in [0, 0.05) is 64.9 Å². The molecule has 0 spiro atoms. The molecule has 0 amide bonds. The van der Waals surface area contributed by atoms with Crippen LogP contribution in [0.15, 0.2) is 48.7 Å². The van der Waals surface area contributed by atoms with Gasteiger partial charge in [0.2, 0.25) is 0 Å². The van der Waals surface area contributed by atoms with Crippen LogP contribution in [0.4, 0.5) is 0 Å². The van der Waals surface area contributed by atoms with E-state index < -0.39 is 0 Å². The number of rotatable bonds is 4. The van der Waals surface area contributed by atoms with E-state index in [1.807, 2.05) is 29.3 Å². The molecule has 5 aromatic rings. The number of benzene rings is 2. The Kier molecular flexibility index (Phi) is 4.91. The van der Waals surface area contributed by atoms with Crippen LogP contribution in [-0.4, -0.2) is 51.2 Å². The summed E-state index contributed by atoms with van der Waals surface area (Å²) >= 11 is 1.91. The van der Waals surface area contributed by atoms with Crippen molar-refractivity contribution in [1.82, 2.24) is 24.9 Å². The second-order valence-corrected chi connectivity index (χ2v) is 10.8. The van der Waals surface area contributed by atoms with E-state index in [2.05, 4.69) is 64.5 Å². The van der Waals surface area contributed by atoms with Gasteiger partial charge in [-0.05, 0) is 35.7 Å². The van der Waals surface area contributed by atoms with Gasteiger partial charge < -0.3 is 4.74 Å². The minimum Gasteiger partial charge on any atom is -0.379 e. The summed E-state index contributed by atoms with van der Waals surface area (Å²) in [5, 5.41) is 13.6. The Morgan fingerprint density at radius 1 is 1.06 bits per heavy atom. The summed E-state index contributed by atoms with van der Waals surface area (Å²) in [6.07, 6.45) is 2.84. The molecule has 2 aromatic carbocycles. The zero-order chi connectivity index (χ0) is 23.5. The van der Waals surface area contributed by atoms with Crippen molar-refractivity contribution in [3.63, 3.8) is 0 Å². The molecule has 0 bridgehead atoms. The van der Waals surface area contributed by atoms with Crippen LogP contribution in [0.5, 0.6) is 0 Å². The molecule has 0 atom stereocenters. The molecule has 1 fully saturated rings. The quantitative estimate of drug-likeness (QED) is 0.366. The van der Waals surface area contributed by atoms with Gasteiger partial charge in [0.15, 0.2) is 0 Å². The van der Waals surface area contributed by atoms with Crippen LogP contribution >= 0.6 is 11.3 Å². The molecule has 4 heterocycles. The van der Waals surface area contributed by atoms with Crippen LogP contribution < -0.4 is 0 Å².